The van der Waals surface area contributed by atoms with Gasteiger partial charge in [0.15, 0.2) is 0 Å². The van der Waals surface area contributed by atoms with Gasteiger partial charge in [-0.05, 0) is 12.1 Å². The summed E-state index contributed by atoms with van der Waals surface area (Å²) in [5.74, 6) is 5.79. The summed E-state index contributed by atoms with van der Waals surface area (Å²) in [6, 6.07) is 5.21. The lowest BCUT2D eigenvalue weighted by atomic mass is 10.3. The van der Waals surface area contributed by atoms with Crippen molar-refractivity contribution in [1.82, 2.24) is 0 Å². The highest BCUT2D eigenvalue weighted by atomic mass is 35.5. The number of benzene rings is 1. The molecule has 0 bridgehead atoms. The van der Waals surface area contributed by atoms with Crippen molar-refractivity contribution in [2.45, 2.75) is 0 Å². The highest BCUT2D eigenvalue weighted by Crippen LogP contribution is 2.26. The van der Waals surface area contributed by atoms with Gasteiger partial charge in [0.1, 0.15) is 5.75 Å². The van der Waals surface area contributed by atoms with E-state index in [-0.39, 0.29) is 0 Å². The maximum atomic E-state index is 8.74. The SMILES string of the molecule is COc1cc(NN)ccc1Cl.O=S(=O)(O)O. The molecule has 0 atom stereocenters. The molecule has 92 valence electrons. The van der Waals surface area contributed by atoms with Crippen LogP contribution in [0.25, 0.3) is 0 Å². The summed E-state index contributed by atoms with van der Waals surface area (Å²) in [4.78, 5) is 0. The number of halogens is 1. The Morgan fingerprint density at radius 3 is 2.31 bits per heavy atom. The second-order valence-electron chi connectivity index (χ2n) is 2.44. The second-order valence-corrected chi connectivity index (χ2v) is 3.74. The van der Waals surface area contributed by atoms with Crippen molar-refractivity contribution < 1.29 is 22.3 Å². The van der Waals surface area contributed by atoms with Crippen molar-refractivity contribution in [3.05, 3.63) is 23.2 Å². The van der Waals surface area contributed by atoms with Gasteiger partial charge in [-0.3, -0.25) is 14.9 Å². The van der Waals surface area contributed by atoms with Gasteiger partial charge in [0.05, 0.1) is 17.8 Å². The first kappa shape index (κ1) is 14.9. The summed E-state index contributed by atoms with van der Waals surface area (Å²) in [5, 5.41) is 0.575. The van der Waals surface area contributed by atoms with Gasteiger partial charge in [0, 0.05) is 6.07 Å². The smallest absolute Gasteiger partial charge is 0.394 e. The topological polar surface area (TPSA) is 122 Å². The van der Waals surface area contributed by atoms with Gasteiger partial charge in [-0.2, -0.15) is 8.42 Å². The molecule has 0 heterocycles. The molecule has 0 aromatic heterocycles. The number of methoxy groups -OCH3 is 1. The molecule has 1 aromatic carbocycles. The van der Waals surface area contributed by atoms with Gasteiger partial charge in [0.2, 0.25) is 0 Å². The zero-order chi connectivity index (χ0) is 12.8. The third-order valence-electron chi connectivity index (χ3n) is 1.32. The minimum Gasteiger partial charge on any atom is -0.495 e. The van der Waals surface area contributed by atoms with Crippen LogP contribution in [0.3, 0.4) is 0 Å². The molecule has 0 fully saturated rings. The van der Waals surface area contributed by atoms with Crippen molar-refractivity contribution in [2.75, 3.05) is 12.5 Å². The third kappa shape index (κ3) is 7.26. The number of nitrogens with two attached hydrogens (primary N) is 1. The zero-order valence-electron chi connectivity index (χ0n) is 8.21. The van der Waals surface area contributed by atoms with Gasteiger partial charge in [-0.15, -0.1) is 0 Å². The van der Waals surface area contributed by atoms with Crippen LogP contribution in [-0.4, -0.2) is 24.6 Å². The fraction of sp³-hybridized carbons (Fsp3) is 0.143. The molecule has 0 aliphatic rings. The summed E-state index contributed by atoms with van der Waals surface area (Å²) in [6.07, 6.45) is 0. The van der Waals surface area contributed by atoms with E-state index in [9.17, 15) is 0 Å². The van der Waals surface area contributed by atoms with E-state index in [1.54, 1.807) is 25.3 Å². The van der Waals surface area contributed by atoms with Crippen molar-refractivity contribution in [1.29, 1.82) is 0 Å². The standard InChI is InChI=1S/C7H9ClN2O.H2O4S/c1-11-7-4-5(10-9)2-3-6(7)8;1-5(2,3)4/h2-4,10H,9H2,1H3;(H2,1,2,3,4). The Labute approximate surface area is 97.7 Å². The van der Waals surface area contributed by atoms with E-state index < -0.39 is 10.4 Å². The highest BCUT2D eigenvalue weighted by molar-refractivity contribution is 7.79. The van der Waals surface area contributed by atoms with E-state index in [2.05, 4.69) is 5.43 Å². The summed E-state index contributed by atoms with van der Waals surface area (Å²) in [6.45, 7) is 0. The highest BCUT2D eigenvalue weighted by Gasteiger charge is 1.99. The Kier molecular flexibility index (Phi) is 6.08. The Balaban J connectivity index is 0.000000385. The average molecular weight is 271 g/mol. The van der Waals surface area contributed by atoms with E-state index in [4.69, 9.17) is 39.7 Å². The van der Waals surface area contributed by atoms with Crippen LogP contribution in [0.5, 0.6) is 5.75 Å². The Morgan fingerprint density at radius 1 is 1.44 bits per heavy atom. The molecule has 0 radical (unpaired) electrons. The molecule has 0 unspecified atom stereocenters. The molecule has 7 nitrogen and oxygen atoms in total. The molecular formula is C7H11ClN2O5S. The number of rotatable bonds is 2. The summed E-state index contributed by atoms with van der Waals surface area (Å²) in [5.41, 5.74) is 3.26. The molecule has 1 aromatic rings. The van der Waals surface area contributed by atoms with Crippen LogP contribution in [0, 0.1) is 0 Å². The zero-order valence-corrected chi connectivity index (χ0v) is 9.79. The normalized spacial score (nSPS) is 10.1. The van der Waals surface area contributed by atoms with Crippen LogP contribution in [0.4, 0.5) is 5.69 Å². The molecule has 0 spiro atoms. The van der Waals surface area contributed by atoms with E-state index in [1.807, 2.05) is 0 Å². The lowest BCUT2D eigenvalue weighted by Crippen LogP contribution is -2.06. The lowest BCUT2D eigenvalue weighted by molar-refractivity contribution is 0.381. The van der Waals surface area contributed by atoms with E-state index >= 15 is 0 Å². The minimum atomic E-state index is -4.67. The molecule has 5 N–H and O–H groups in total. The third-order valence-corrected chi connectivity index (χ3v) is 1.63. The van der Waals surface area contributed by atoms with Gasteiger partial charge in [0.25, 0.3) is 0 Å². The van der Waals surface area contributed by atoms with E-state index in [0.29, 0.717) is 10.8 Å². The first-order valence-corrected chi connectivity index (χ1v) is 5.55. The van der Waals surface area contributed by atoms with Gasteiger partial charge in [-0.25, -0.2) is 0 Å². The van der Waals surface area contributed by atoms with E-state index in [0.717, 1.165) is 5.69 Å². The summed E-state index contributed by atoms with van der Waals surface area (Å²) in [7, 11) is -3.11. The van der Waals surface area contributed by atoms with Crippen LogP contribution in [0.1, 0.15) is 0 Å². The predicted molar refractivity (Wildman–Crippen MR) is 60.0 cm³/mol. The molecule has 0 saturated carbocycles. The molecule has 9 heteroatoms. The number of hydrazine groups is 1. The fourth-order valence-electron chi connectivity index (χ4n) is 0.750. The molecule has 0 amide bonds. The van der Waals surface area contributed by atoms with Crippen LogP contribution >= 0.6 is 11.6 Å². The monoisotopic (exact) mass is 270 g/mol. The van der Waals surface area contributed by atoms with Crippen LogP contribution in [-0.2, 0) is 10.4 Å². The maximum Gasteiger partial charge on any atom is 0.394 e. The number of nitrogens with one attached hydrogen (secondary N) is 1. The number of hydrogen-bond acceptors (Lipinski definition) is 5. The molecule has 0 saturated heterocycles. The number of hydrogen-bond donors (Lipinski definition) is 4. The fourth-order valence-corrected chi connectivity index (χ4v) is 0.944. The van der Waals surface area contributed by atoms with Crippen LogP contribution < -0.4 is 16.0 Å². The van der Waals surface area contributed by atoms with Gasteiger partial charge in [-0.1, -0.05) is 11.6 Å². The average Bonchev–Trinajstić information content (AvgIpc) is 2.16. The minimum absolute atomic E-state index is 0.575. The quantitative estimate of drug-likeness (QED) is 0.359. The Morgan fingerprint density at radius 2 is 1.94 bits per heavy atom. The van der Waals surface area contributed by atoms with Crippen molar-refractivity contribution in [2.24, 2.45) is 5.84 Å². The first-order valence-electron chi connectivity index (χ1n) is 3.78. The summed E-state index contributed by atoms with van der Waals surface area (Å²) < 4.78 is 36.5. The maximum absolute atomic E-state index is 8.74. The molecule has 0 aliphatic heterocycles. The van der Waals surface area contributed by atoms with Crippen molar-refractivity contribution in [3.8, 4) is 5.75 Å². The molecule has 16 heavy (non-hydrogen) atoms. The van der Waals surface area contributed by atoms with Gasteiger partial charge >= 0.3 is 10.4 Å². The number of nitrogen functional groups attached to an aromatic ring is 1. The first-order chi connectivity index (χ1) is 7.27. The predicted octanol–water partition coefficient (Wildman–Crippen LogP) is 0.981. The lowest BCUT2D eigenvalue weighted by Gasteiger charge is -2.04. The van der Waals surface area contributed by atoms with Crippen molar-refractivity contribution in [3.63, 3.8) is 0 Å². The number of ether oxygens (including phenoxy) is 1. The van der Waals surface area contributed by atoms with Crippen LogP contribution in [0.2, 0.25) is 5.02 Å². The largest absolute Gasteiger partial charge is 0.495 e. The molecule has 1 rings (SSSR count). The van der Waals surface area contributed by atoms with Crippen molar-refractivity contribution >= 4 is 27.7 Å². The van der Waals surface area contributed by atoms with Crippen LogP contribution in [0.15, 0.2) is 18.2 Å². The summed E-state index contributed by atoms with van der Waals surface area (Å²) >= 11 is 5.76. The Hall–Kier alpha value is -1.06. The van der Waals surface area contributed by atoms with E-state index in [1.165, 1.54) is 0 Å². The van der Waals surface area contributed by atoms with Gasteiger partial charge < -0.3 is 10.2 Å². The molecule has 0 aliphatic carbocycles. The Bertz CT molecular complexity index is 428. The number of anilines is 1. The molecular weight excluding hydrogens is 260 g/mol. The second kappa shape index (κ2) is 6.51.